The van der Waals surface area contributed by atoms with Gasteiger partial charge in [-0.15, -0.1) is 0 Å². The van der Waals surface area contributed by atoms with Gasteiger partial charge in [-0.3, -0.25) is 4.90 Å². The average molecular weight is 212 g/mol. The summed E-state index contributed by atoms with van der Waals surface area (Å²) < 4.78 is 0. The van der Waals surface area contributed by atoms with Crippen LogP contribution >= 0.6 is 0 Å². The van der Waals surface area contributed by atoms with Gasteiger partial charge in [-0.1, -0.05) is 20.8 Å². The Kier molecular flexibility index (Phi) is 4.60. The second kappa shape index (κ2) is 5.31. The van der Waals surface area contributed by atoms with E-state index in [0.29, 0.717) is 11.5 Å². The molecule has 90 valence electrons. The fraction of sp³-hybridized carbons (Fsp3) is 1.00. The van der Waals surface area contributed by atoms with Crippen molar-refractivity contribution >= 4 is 0 Å². The van der Waals surface area contributed by atoms with Crippen LogP contribution in [0.5, 0.6) is 0 Å². The number of nitrogens with zero attached hydrogens (tertiary/aromatic N) is 1. The molecule has 0 heterocycles. The molecule has 0 aromatic rings. The molecule has 2 nitrogen and oxygen atoms in total. The van der Waals surface area contributed by atoms with Crippen molar-refractivity contribution in [2.75, 3.05) is 19.6 Å². The molecule has 1 fully saturated rings. The molecule has 0 aromatic carbocycles. The Hall–Kier alpha value is -0.0800. The molecule has 1 N–H and O–H groups in total. The molecule has 0 spiro atoms. The van der Waals surface area contributed by atoms with Gasteiger partial charge in [-0.05, 0) is 32.1 Å². The van der Waals surface area contributed by atoms with Gasteiger partial charge in [-0.25, -0.2) is 0 Å². The summed E-state index contributed by atoms with van der Waals surface area (Å²) in [4.78, 5) is 2.63. The lowest BCUT2D eigenvalue weighted by Crippen LogP contribution is -2.40. The second-order valence-corrected chi connectivity index (χ2v) is 6.30. The highest BCUT2D eigenvalue weighted by molar-refractivity contribution is 4.86. The standard InChI is InChI=1S/C13H28N2/c1-11(2)15(12-6-7-12)9-8-14-10-13(3,4)5/h11-12,14H,6-10H2,1-5H3. The van der Waals surface area contributed by atoms with Crippen LogP contribution in [0.25, 0.3) is 0 Å². The number of hydrogen-bond acceptors (Lipinski definition) is 2. The highest BCUT2D eigenvalue weighted by Crippen LogP contribution is 2.27. The van der Waals surface area contributed by atoms with Crippen LogP contribution < -0.4 is 5.32 Å². The molecule has 1 saturated carbocycles. The molecule has 0 aliphatic heterocycles. The molecule has 1 rings (SSSR count). The van der Waals surface area contributed by atoms with E-state index in [2.05, 4.69) is 44.8 Å². The SMILES string of the molecule is CC(C)N(CCNCC(C)(C)C)C1CC1. The Bertz CT molecular complexity index is 175. The highest BCUT2D eigenvalue weighted by atomic mass is 15.2. The largest absolute Gasteiger partial charge is 0.315 e. The van der Waals surface area contributed by atoms with Gasteiger partial charge < -0.3 is 5.32 Å². The first-order chi connectivity index (χ1) is 6.90. The van der Waals surface area contributed by atoms with Gasteiger partial charge in [0.2, 0.25) is 0 Å². The molecule has 0 amide bonds. The molecule has 1 aliphatic carbocycles. The minimum atomic E-state index is 0.405. The molecular weight excluding hydrogens is 184 g/mol. The fourth-order valence-corrected chi connectivity index (χ4v) is 1.94. The summed E-state index contributed by atoms with van der Waals surface area (Å²) in [5.74, 6) is 0. The van der Waals surface area contributed by atoms with E-state index >= 15 is 0 Å². The lowest BCUT2D eigenvalue weighted by Gasteiger charge is -2.27. The third-order valence-electron chi connectivity index (χ3n) is 2.88. The molecule has 0 bridgehead atoms. The Morgan fingerprint density at radius 3 is 2.27 bits per heavy atom. The Morgan fingerprint density at radius 2 is 1.87 bits per heavy atom. The van der Waals surface area contributed by atoms with Crippen LogP contribution in [-0.2, 0) is 0 Å². The van der Waals surface area contributed by atoms with E-state index in [4.69, 9.17) is 0 Å². The van der Waals surface area contributed by atoms with Crippen LogP contribution in [0.15, 0.2) is 0 Å². The number of nitrogens with one attached hydrogen (secondary N) is 1. The maximum Gasteiger partial charge on any atom is 0.0112 e. The van der Waals surface area contributed by atoms with Crippen molar-refractivity contribution in [2.24, 2.45) is 5.41 Å². The zero-order valence-electron chi connectivity index (χ0n) is 11.1. The van der Waals surface area contributed by atoms with Crippen molar-refractivity contribution in [3.63, 3.8) is 0 Å². The smallest absolute Gasteiger partial charge is 0.0112 e. The summed E-state index contributed by atoms with van der Waals surface area (Å²) in [6.45, 7) is 14.9. The summed E-state index contributed by atoms with van der Waals surface area (Å²) in [6.07, 6.45) is 2.83. The van der Waals surface area contributed by atoms with Gasteiger partial charge in [0.25, 0.3) is 0 Å². The van der Waals surface area contributed by atoms with Crippen LogP contribution in [0.2, 0.25) is 0 Å². The first kappa shape index (κ1) is 13.0. The van der Waals surface area contributed by atoms with Crippen molar-refractivity contribution < 1.29 is 0 Å². The average Bonchev–Trinajstić information content (AvgIpc) is 2.84. The van der Waals surface area contributed by atoms with Gasteiger partial charge in [0.15, 0.2) is 0 Å². The van der Waals surface area contributed by atoms with Gasteiger partial charge in [-0.2, -0.15) is 0 Å². The minimum absolute atomic E-state index is 0.405. The van der Waals surface area contributed by atoms with Crippen LogP contribution in [0.1, 0.15) is 47.5 Å². The predicted octanol–water partition coefficient (Wildman–Crippen LogP) is 2.49. The molecule has 1 aliphatic rings. The first-order valence-electron chi connectivity index (χ1n) is 6.36. The Morgan fingerprint density at radius 1 is 1.27 bits per heavy atom. The van der Waals surface area contributed by atoms with Crippen molar-refractivity contribution in [1.29, 1.82) is 0 Å². The van der Waals surface area contributed by atoms with Gasteiger partial charge >= 0.3 is 0 Å². The summed E-state index contributed by atoms with van der Waals surface area (Å²) in [5.41, 5.74) is 0.405. The molecule has 0 radical (unpaired) electrons. The minimum Gasteiger partial charge on any atom is -0.315 e. The lowest BCUT2D eigenvalue weighted by molar-refractivity contribution is 0.208. The van der Waals surface area contributed by atoms with E-state index in [0.717, 1.165) is 19.1 Å². The van der Waals surface area contributed by atoms with Crippen molar-refractivity contribution in [2.45, 2.75) is 59.5 Å². The topological polar surface area (TPSA) is 15.3 Å². The van der Waals surface area contributed by atoms with Crippen molar-refractivity contribution in [3.05, 3.63) is 0 Å². The van der Waals surface area contributed by atoms with Gasteiger partial charge in [0.1, 0.15) is 0 Å². The van der Waals surface area contributed by atoms with E-state index < -0.39 is 0 Å². The molecule has 2 heteroatoms. The monoisotopic (exact) mass is 212 g/mol. The molecule has 15 heavy (non-hydrogen) atoms. The highest BCUT2D eigenvalue weighted by Gasteiger charge is 2.29. The van der Waals surface area contributed by atoms with Crippen LogP contribution in [-0.4, -0.2) is 36.6 Å². The summed E-state index contributed by atoms with van der Waals surface area (Å²) in [6, 6.07) is 1.59. The van der Waals surface area contributed by atoms with Crippen LogP contribution in [0.3, 0.4) is 0 Å². The summed E-state index contributed by atoms with van der Waals surface area (Å²) in [7, 11) is 0. The summed E-state index contributed by atoms with van der Waals surface area (Å²) >= 11 is 0. The van der Waals surface area contributed by atoms with Gasteiger partial charge in [0, 0.05) is 31.7 Å². The maximum absolute atomic E-state index is 3.55. The second-order valence-electron chi connectivity index (χ2n) is 6.30. The molecule has 0 unspecified atom stereocenters. The number of hydrogen-bond donors (Lipinski definition) is 1. The third kappa shape index (κ3) is 5.53. The van der Waals surface area contributed by atoms with Crippen molar-refractivity contribution in [1.82, 2.24) is 10.2 Å². The van der Waals surface area contributed by atoms with E-state index in [-0.39, 0.29) is 0 Å². The molecule has 0 saturated heterocycles. The Labute approximate surface area is 95.4 Å². The first-order valence-corrected chi connectivity index (χ1v) is 6.36. The fourth-order valence-electron chi connectivity index (χ4n) is 1.94. The van der Waals surface area contributed by atoms with Crippen molar-refractivity contribution in [3.8, 4) is 0 Å². The van der Waals surface area contributed by atoms with E-state index in [1.807, 2.05) is 0 Å². The van der Waals surface area contributed by atoms with Crippen LogP contribution in [0, 0.1) is 5.41 Å². The van der Waals surface area contributed by atoms with E-state index in [9.17, 15) is 0 Å². The molecular formula is C13H28N2. The Balaban J connectivity index is 2.12. The lowest BCUT2D eigenvalue weighted by atomic mass is 9.97. The zero-order chi connectivity index (χ0) is 11.5. The predicted molar refractivity (Wildman–Crippen MR) is 67.2 cm³/mol. The van der Waals surface area contributed by atoms with E-state index in [1.165, 1.54) is 19.4 Å². The van der Waals surface area contributed by atoms with E-state index in [1.54, 1.807) is 0 Å². The van der Waals surface area contributed by atoms with Gasteiger partial charge in [0.05, 0.1) is 0 Å². The molecule has 0 aromatic heterocycles. The number of rotatable bonds is 6. The normalized spacial score (nSPS) is 17.8. The van der Waals surface area contributed by atoms with Crippen LogP contribution in [0.4, 0.5) is 0 Å². The summed E-state index contributed by atoms with van der Waals surface area (Å²) in [5, 5.41) is 3.55. The third-order valence-corrected chi connectivity index (χ3v) is 2.88. The molecule has 0 atom stereocenters. The quantitative estimate of drug-likeness (QED) is 0.681. The maximum atomic E-state index is 3.55. The zero-order valence-corrected chi connectivity index (χ0v) is 11.1.